The van der Waals surface area contributed by atoms with Crippen LogP contribution in [0.5, 0.6) is 0 Å². The molecular formula is C12H24O. The zero-order chi connectivity index (χ0) is 9.84. The first kappa shape index (κ1) is 11.0. The summed E-state index contributed by atoms with van der Waals surface area (Å²) in [6, 6.07) is 0. The summed E-state index contributed by atoms with van der Waals surface area (Å²) in [5, 5.41) is 0. The molecule has 0 heterocycles. The van der Waals surface area contributed by atoms with Gasteiger partial charge in [-0.2, -0.15) is 0 Å². The van der Waals surface area contributed by atoms with Gasteiger partial charge in [-0.25, -0.2) is 0 Å². The van der Waals surface area contributed by atoms with Crippen molar-refractivity contribution in [1.29, 1.82) is 0 Å². The van der Waals surface area contributed by atoms with E-state index < -0.39 is 0 Å². The second kappa shape index (κ2) is 4.99. The highest BCUT2D eigenvalue weighted by Gasteiger charge is 2.27. The lowest BCUT2D eigenvalue weighted by molar-refractivity contribution is 0.0123. The Bertz CT molecular complexity index is 142. The Balaban J connectivity index is 2.32. The molecule has 0 aromatic rings. The van der Waals surface area contributed by atoms with Gasteiger partial charge >= 0.3 is 0 Å². The lowest BCUT2D eigenvalue weighted by Crippen LogP contribution is -2.29. The predicted octanol–water partition coefficient (Wildman–Crippen LogP) is 3.48. The molecule has 1 aliphatic carbocycles. The maximum absolute atomic E-state index is 5.46. The van der Waals surface area contributed by atoms with Crippen molar-refractivity contribution in [2.24, 2.45) is 17.8 Å². The van der Waals surface area contributed by atoms with Gasteiger partial charge in [-0.05, 0) is 43.4 Å². The minimum atomic E-state index is 0.531. The van der Waals surface area contributed by atoms with E-state index in [-0.39, 0.29) is 0 Å². The third-order valence-electron chi connectivity index (χ3n) is 3.31. The molecule has 78 valence electrons. The van der Waals surface area contributed by atoms with Crippen molar-refractivity contribution in [3.05, 3.63) is 0 Å². The van der Waals surface area contributed by atoms with Crippen molar-refractivity contribution in [3.63, 3.8) is 0 Å². The summed E-state index contributed by atoms with van der Waals surface area (Å²) in [7, 11) is 1.85. The Hall–Kier alpha value is -0.0400. The Morgan fingerprint density at radius 3 is 2.46 bits per heavy atom. The van der Waals surface area contributed by atoms with Crippen molar-refractivity contribution >= 4 is 0 Å². The van der Waals surface area contributed by atoms with Crippen LogP contribution in [0.1, 0.15) is 46.5 Å². The molecule has 1 nitrogen and oxygen atoms in total. The first-order chi connectivity index (χ1) is 6.13. The normalized spacial score (nSPS) is 35.3. The van der Waals surface area contributed by atoms with E-state index in [9.17, 15) is 0 Å². The molecular weight excluding hydrogens is 160 g/mol. The topological polar surface area (TPSA) is 9.23 Å². The first-order valence-corrected chi connectivity index (χ1v) is 5.66. The highest BCUT2D eigenvalue weighted by molar-refractivity contribution is 4.78. The van der Waals surface area contributed by atoms with Gasteiger partial charge in [-0.15, -0.1) is 0 Å². The van der Waals surface area contributed by atoms with Crippen molar-refractivity contribution in [3.8, 4) is 0 Å². The highest BCUT2D eigenvalue weighted by atomic mass is 16.5. The largest absolute Gasteiger partial charge is 0.381 e. The van der Waals surface area contributed by atoms with Gasteiger partial charge in [0.05, 0.1) is 6.10 Å². The zero-order valence-corrected chi connectivity index (χ0v) is 9.55. The van der Waals surface area contributed by atoms with Gasteiger partial charge in [0.1, 0.15) is 0 Å². The average Bonchev–Trinajstić information content (AvgIpc) is 2.03. The summed E-state index contributed by atoms with van der Waals surface area (Å²) < 4.78 is 5.46. The van der Waals surface area contributed by atoms with Gasteiger partial charge in [0.2, 0.25) is 0 Å². The molecule has 13 heavy (non-hydrogen) atoms. The molecule has 0 unspecified atom stereocenters. The third-order valence-corrected chi connectivity index (χ3v) is 3.31. The molecule has 0 bridgehead atoms. The number of methoxy groups -OCH3 is 1. The monoisotopic (exact) mass is 184 g/mol. The van der Waals surface area contributed by atoms with Crippen molar-refractivity contribution in [2.45, 2.75) is 52.6 Å². The number of ether oxygens (including phenoxy) is 1. The van der Waals surface area contributed by atoms with E-state index in [0.717, 1.165) is 17.8 Å². The summed E-state index contributed by atoms with van der Waals surface area (Å²) in [6.07, 6.45) is 5.96. The van der Waals surface area contributed by atoms with Crippen LogP contribution in [0.2, 0.25) is 0 Å². The molecule has 3 atom stereocenters. The minimum Gasteiger partial charge on any atom is -0.381 e. The lowest BCUT2D eigenvalue weighted by Gasteiger charge is -2.34. The summed E-state index contributed by atoms with van der Waals surface area (Å²) in [5.41, 5.74) is 0. The third kappa shape index (κ3) is 3.30. The summed E-state index contributed by atoms with van der Waals surface area (Å²) >= 11 is 0. The van der Waals surface area contributed by atoms with Crippen LogP contribution in [0.25, 0.3) is 0 Å². The molecule has 0 N–H and O–H groups in total. The molecule has 0 aromatic carbocycles. The Morgan fingerprint density at radius 1 is 1.31 bits per heavy atom. The van der Waals surface area contributed by atoms with E-state index in [0.29, 0.717) is 6.10 Å². The molecule has 0 amide bonds. The molecule has 1 saturated carbocycles. The fourth-order valence-electron chi connectivity index (χ4n) is 2.71. The van der Waals surface area contributed by atoms with Gasteiger partial charge in [0.15, 0.2) is 0 Å². The number of hydrogen-bond donors (Lipinski definition) is 0. The van der Waals surface area contributed by atoms with Crippen LogP contribution in [-0.4, -0.2) is 13.2 Å². The number of hydrogen-bond acceptors (Lipinski definition) is 1. The van der Waals surface area contributed by atoms with Crippen LogP contribution in [0.4, 0.5) is 0 Å². The molecule has 1 rings (SSSR count). The van der Waals surface area contributed by atoms with E-state index in [4.69, 9.17) is 4.74 Å². The molecule has 0 aromatic heterocycles. The molecule has 1 fully saturated rings. The maximum atomic E-state index is 5.46. The molecule has 1 aliphatic rings. The van der Waals surface area contributed by atoms with Crippen molar-refractivity contribution in [1.82, 2.24) is 0 Å². The maximum Gasteiger partial charge on any atom is 0.0597 e. The first-order valence-electron chi connectivity index (χ1n) is 5.66. The molecule has 0 spiro atoms. The Labute approximate surface area is 82.9 Å². The summed E-state index contributed by atoms with van der Waals surface area (Å²) in [5.74, 6) is 2.58. The van der Waals surface area contributed by atoms with Crippen LogP contribution in [0.3, 0.4) is 0 Å². The van der Waals surface area contributed by atoms with Crippen LogP contribution in [-0.2, 0) is 4.74 Å². The summed E-state index contributed by atoms with van der Waals surface area (Å²) in [4.78, 5) is 0. The quantitative estimate of drug-likeness (QED) is 0.652. The standard InChI is InChI=1S/C12H24O/c1-9(2)7-11-5-6-12(13-4)10(3)8-11/h9-12H,5-8H2,1-4H3/t10-,11-,12-/m1/s1. The predicted molar refractivity (Wildman–Crippen MR) is 56.8 cm³/mol. The van der Waals surface area contributed by atoms with Crippen LogP contribution in [0, 0.1) is 17.8 Å². The Kier molecular flexibility index (Phi) is 4.24. The second-order valence-electron chi connectivity index (χ2n) is 5.06. The fraction of sp³-hybridized carbons (Fsp3) is 1.00. The fourth-order valence-corrected chi connectivity index (χ4v) is 2.71. The van der Waals surface area contributed by atoms with E-state index in [1.165, 1.54) is 25.7 Å². The van der Waals surface area contributed by atoms with Gasteiger partial charge < -0.3 is 4.74 Å². The second-order valence-corrected chi connectivity index (χ2v) is 5.06. The average molecular weight is 184 g/mol. The summed E-state index contributed by atoms with van der Waals surface area (Å²) in [6.45, 7) is 6.99. The molecule has 0 saturated heterocycles. The Morgan fingerprint density at radius 2 is 2.00 bits per heavy atom. The molecule has 0 radical (unpaired) electrons. The van der Waals surface area contributed by atoms with Gasteiger partial charge in [0.25, 0.3) is 0 Å². The van der Waals surface area contributed by atoms with Crippen molar-refractivity contribution in [2.75, 3.05) is 7.11 Å². The smallest absolute Gasteiger partial charge is 0.0597 e. The molecule has 0 aliphatic heterocycles. The minimum absolute atomic E-state index is 0.531. The highest BCUT2D eigenvalue weighted by Crippen LogP contribution is 2.34. The van der Waals surface area contributed by atoms with E-state index in [2.05, 4.69) is 20.8 Å². The van der Waals surface area contributed by atoms with Crippen LogP contribution < -0.4 is 0 Å². The molecule has 1 heteroatoms. The SMILES string of the molecule is CO[C@@H]1CC[C@H](CC(C)C)C[C@H]1C. The van der Waals surface area contributed by atoms with Gasteiger partial charge in [-0.1, -0.05) is 20.8 Å². The van der Waals surface area contributed by atoms with Gasteiger partial charge in [-0.3, -0.25) is 0 Å². The van der Waals surface area contributed by atoms with E-state index in [1.807, 2.05) is 7.11 Å². The van der Waals surface area contributed by atoms with Crippen LogP contribution in [0.15, 0.2) is 0 Å². The lowest BCUT2D eigenvalue weighted by atomic mass is 9.77. The number of rotatable bonds is 3. The van der Waals surface area contributed by atoms with Crippen molar-refractivity contribution < 1.29 is 4.74 Å². The zero-order valence-electron chi connectivity index (χ0n) is 9.55. The van der Waals surface area contributed by atoms with Crippen LogP contribution >= 0.6 is 0 Å². The van der Waals surface area contributed by atoms with E-state index in [1.54, 1.807) is 0 Å². The van der Waals surface area contributed by atoms with E-state index >= 15 is 0 Å². The van der Waals surface area contributed by atoms with Gasteiger partial charge in [0, 0.05) is 7.11 Å².